The van der Waals surface area contributed by atoms with Crippen LogP contribution in [-0.4, -0.2) is 66.8 Å². The van der Waals surface area contributed by atoms with Crippen molar-refractivity contribution in [3.63, 3.8) is 0 Å². The summed E-state index contributed by atoms with van der Waals surface area (Å²) in [5.41, 5.74) is 1.26. The molecule has 9 heteroatoms. The summed E-state index contributed by atoms with van der Waals surface area (Å²) in [5.74, 6) is -1.42. The first-order valence-electron chi connectivity index (χ1n) is 8.98. The van der Waals surface area contributed by atoms with Gasteiger partial charge in [-0.25, -0.2) is 0 Å². The molecule has 0 aliphatic rings. The average molecular weight is 408 g/mol. The van der Waals surface area contributed by atoms with Gasteiger partial charge in [0.05, 0.1) is 6.42 Å². The van der Waals surface area contributed by atoms with Gasteiger partial charge in [-0.3, -0.25) is 9.59 Å². The number of carboxylic acid groups (broad SMARTS) is 1. The predicted octanol–water partition coefficient (Wildman–Crippen LogP) is 1.48. The molecular weight excluding hydrogens is 378 g/mol. The Bertz CT molecular complexity index is 681. The van der Waals surface area contributed by atoms with Gasteiger partial charge in [0.1, 0.15) is 6.04 Å². The Morgan fingerprint density at radius 2 is 1.96 bits per heavy atom. The Hall–Kier alpha value is -2.49. The van der Waals surface area contributed by atoms with Gasteiger partial charge in [-0.05, 0) is 64.0 Å². The van der Waals surface area contributed by atoms with Crippen molar-refractivity contribution < 1.29 is 14.7 Å². The van der Waals surface area contributed by atoms with Gasteiger partial charge in [0.2, 0.25) is 5.91 Å². The standard InChI is InChI=1S/C19H29N5O3S/c1-4-9-21-19(28)23-15-8-5-7-14(12-15)22-17(25)13-16(18(26)27)20-10-6-11-24(2)3/h4-5,7-8,12,16,20H,1,6,9-11,13H2,2-3H3,(H,22,25)(H,26,27)(H2,21,23,28)/t16-/m0/s1. The molecular formula is C19H29N5O3S. The molecule has 1 aromatic carbocycles. The molecule has 0 spiro atoms. The lowest BCUT2D eigenvalue weighted by Crippen LogP contribution is -2.40. The first kappa shape index (κ1) is 23.5. The molecule has 0 radical (unpaired) electrons. The Kier molecular flexibility index (Phi) is 10.8. The molecule has 1 rings (SSSR count). The van der Waals surface area contributed by atoms with E-state index in [-0.39, 0.29) is 12.3 Å². The molecule has 0 fully saturated rings. The number of aliphatic carboxylic acids is 1. The molecule has 154 valence electrons. The predicted molar refractivity (Wildman–Crippen MR) is 117 cm³/mol. The highest BCUT2D eigenvalue weighted by Crippen LogP contribution is 2.15. The van der Waals surface area contributed by atoms with Crippen LogP contribution in [0.25, 0.3) is 0 Å². The first-order chi connectivity index (χ1) is 13.3. The molecule has 0 heterocycles. The molecule has 5 N–H and O–H groups in total. The largest absolute Gasteiger partial charge is 0.480 e. The molecule has 28 heavy (non-hydrogen) atoms. The average Bonchev–Trinajstić information content (AvgIpc) is 2.62. The number of thiocarbonyl (C=S) groups is 1. The number of hydrogen-bond acceptors (Lipinski definition) is 5. The molecule has 1 amide bonds. The summed E-state index contributed by atoms with van der Waals surface area (Å²) >= 11 is 5.15. The molecule has 8 nitrogen and oxygen atoms in total. The SMILES string of the molecule is C=CCNC(=S)Nc1cccc(NC(=O)C[C@H](NCCCN(C)C)C(=O)O)c1. The fraction of sp³-hybridized carbons (Fsp3) is 0.421. The van der Waals surface area contributed by atoms with Crippen LogP contribution in [0.3, 0.4) is 0 Å². The summed E-state index contributed by atoms with van der Waals surface area (Å²) in [6, 6.07) is 6.09. The lowest BCUT2D eigenvalue weighted by atomic mass is 10.2. The molecule has 0 aliphatic carbocycles. The van der Waals surface area contributed by atoms with E-state index in [0.717, 1.165) is 13.0 Å². The van der Waals surface area contributed by atoms with Gasteiger partial charge in [0, 0.05) is 17.9 Å². The fourth-order valence-electron chi connectivity index (χ4n) is 2.33. The minimum absolute atomic E-state index is 0.158. The van der Waals surface area contributed by atoms with Crippen LogP contribution in [0.2, 0.25) is 0 Å². The minimum atomic E-state index is -1.05. The quantitative estimate of drug-likeness (QED) is 0.202. The highest BCUT2D eigenvalue weighted by Gasteiger charge is 2.20. The number of hydrogen-bond donors (Lipinski definition) is 5. The van der Waals surface area contributed by atoms with Crippen molar-refractivity contribution in [2.45, 2.75) is 18.9 Å². The third-order valence-electron chi connectivity index (χ3n) is 3.67. The zero-order chi connectivity index (χ0) is 20.9. The number of carboxylic acids is 1. The maximum Gasteiger partial charge on any atom is 0.321 e. The molecule has 1 aromatic rings. The molecule has 0 bridgehead atoms. The maximum atomic E-state index is 12.3. The van der Waals surface area contributed by atoms with Gasteiger partial charge < -0.3 is 31.3 Å². The Morgan fingerprint density at radius 3 is 2.57 bits per heavy atom. The minimum Gasteiger partial charge on any atom is -0.480 e. The van der Waals surface area contributed by atoms with Crippen molar-refractivity contribution in [3.05, 3.63) is 36.9 Å². The highest BCUT2D eigenvalue weighted by molar-refractivity contribution is 7.80. The van der Waals surface area contributed by atoms with E-state index in [1.807, 2.05) is 25.1 Å². The van der Waals surface area contributed by atoms with Crippen molar-refractivity contribution in [2.75, 3.05) is 44.4 Å². The molecule has 0 aromatic heterocycles. The Morgan fingerprint density at radius 1 is 1.29 bits per heavy atom. The monoisotopic (exact) mass is 407 g/mol. The number of benzene rings is 1. The maximum absolute atomic E-state index is 12.3. The van der Waals surface area contributed by atoms with Crippen molar-refractivity contribution >= 4 is 40.6 Å². The number of rotatable bonds is 12. The number of amides is 1. The Labute approximate surface area is 171 Å². The topological polar surface area (TPSA) is 106 Å². The summed E-state index contributed by atoms with van der Waals surface area (Å²) in [7, 11) is 3.90. The van der Waals surface area contributed by atoms with Crippen LogP contribution in [-0.2, 0) is 9.59 Å². The van der Waals surface area contributed by atoms with E-state index in [1.165, 1.54) is 0 Å². The van der Waals surface area contributed by atoms with E-state index in [1.54, 1.807) is 24.3 Å². The van der Waals surface area contributed by atoms with Crippen LogP contribution >= 0.6 is 12.2 Å². The van der Waals surface area contributed by atoms with Crippen molar-refractivity contribution in [1.29, 1.82) is 0 Å². The Balaban J connectivity index is 2.55. The summed E-state index contributed by atoms with van der Waals surface area (Å²) in [5, 5.41) is 21.4. The van der Waals surface area contributed by atoms with E-state index in [2.05, 4.69) is 27.8 Å². The zero-order valence-corrected chi connectivity index (χ0v) is 17.1. The van der Waals surface area contributed by atoms with Gasteiger partial charge in [0.25, 0.3) is 0 Å². The van der Waals surface area contributed by atoms with Crippen molar-refractivity contribution in [1.82, 2.24) is 15.5 Å². The second-order valence-corrected chi connectivity index (χ2v) is 6.87. The summed E-state index contributed by atoms with van der Waals surface area (Å²) in [4.78, 5) is 25.7. The smallest absolute Gasteiger partial charge is 0.321 e. The second kappa shape index (κ2) is 12.8. The second-order valence-electron chi connectivity index (χ2n) is 6.46. The van der Waals surface area contributed by atoms with Crippen molar-refractivity contribution in [2.24, 2.45) is 0 Å². The van der Waals surface area contributed by atoms with E-state index in [4.69, 9.17) is 12.2 Å². The molecule has 0 saturated heterocycles. The van der Waals surface area contributed by atoms with Gasteiger partial charge in [0.15, 0.2) is 5.11 Å². The summed E-state index contributed by atoms with van der Waals surface area (Å²) in [6.07, 6.45) is 2.33. The van der Waals surface area contributed by atoms with Crippen molar-refractivity contribution in [3.8, 4) is 0 Å². The van der Waals surface area contributed by atoms with Gasteiger partial charge >= 0.3 is 5.97 Å². The fourth-order valence-corrected chi connectivity index (χ4v) is 2.53. The number of nitrogens with one attached hydrogen (secondary N) is 4. The molecule has 0 aliphatic heterocycles. The van der Waals surface area contributed by atoms with Crippen LogP contribution in [0.15, 0.2) is 36.9 Å². The highest BCUT2D eigenvalue weighted by atomic mass is 32.1. The van der Waals surface area contributed by atoms with Gasteiger partial charge in [-0.2, -0.15) is 0 Å². The van der Waals surface area contributed by atoms with Crippen LogP contribution in [0, 0.1) is 0 Å². The van der Waals surface area contributed by atoms with E-state index in [0.29, 0.717) is 29.6 Å². The third-order valence-corrected chi connectivity index (χ3v) is 3.92. The first-order valence-corrected chi connectivity index (χ1v) is 9.39. The lowest BCUT2D eigenvalue weighted by molar-refractivity contribution is -0.141. The third kappa shape index (κ3) is 10.0. The number of nitrogens with zero attached hydrogens (tertiary/aromatic N) is 1. The lowest BCUT2D eigenvalue weighted by Gasteiger charge is -2.16. The number of carbonyl (C=O) groups excluding carboxylic acids is 1. The molecule has 1 atom stereocenters. The van der Waals surface area contributed by atoms with E-state index >= 15 is 0 Å². The van der Waals surface area contributed by atoms with E-state index in [9.17, 15) is 14.7 Å². The molecule has 0 saturated carbocycles. The normalized spacial score (nSPS) is 11.5. The summed E-state index contributed by atoms with van der Waals surface area (Å²) < 4.78 is 0. The van der Waals surface area contributed by atoms with Crippen LogP contribution in [0.4, 0.5) is 11.4 Å². The van der Waals surface area contributed by atoms with Gasteiger partial charge in [-0.15, -0.1) is 6.58 Å². The summed E-state index contributed by atoms with van der Waals surface area (Å²) in [6.45, 7) is 5.52. The molecule has 0 unspecified atom stereocenters. The number of anilines is 2. The van der Waals surface area contributed by atoms with E-state index < -0.39 is 12.0 Å². The number of carbonyl (C=O) groups is 2. The van der Waals surface area contributed by atoms with Crippen LogP contribution in [0.5, 0.6) is 0 Å². The van der Waals surface area contributed by atoms with Gasteiger partial charge in [-0.1, -0.05) is 12.1 Å². The van der Waals surface area contributed by atoms with Crippen LogP contribution in [0.1, 0.15) is 12.8 Å². The zero-order valence-electron chi connectivity index (χ0n) is 16.3. The van der Waals surface area contributed by atoms with Crippen LogP contribution < -0.4 is 21.3 Å².